The monoisotopic (exact) mass is 186 g/mol. The third kappa shape index (κ3) is 4.07. The number of nitrogens with zero attached hydrogens (tertiary/aromatic N) is 1. The first-order chi connectivity index (χ1) is 6.36. The zero-order valence-electron chi connectivity index (χ0n) is 8.67. The standard InChI is InChI=1S/C10H22N2O/c1-2-12-7-4-10(5-8-12)13-9-3-6-11/h10H,2-9,11H2,1H3. The zero-order chi connectivity index (χ0) is 9.52. The zero-order valence-corrected chi connectivity index (χ0v) is 8.67. The fourth-order valence-corrected chi connectivity index (χ4v) is 1.73. The Morgan fingerprint density at radius 3 is 2.62 bits per heavy atom. The Hall–Kier alpha value is -0.120. The predicted octanol–water partition coefficient (Wildman–Crippen LogP) is 0.836. The highest BCUT2D eigenvalue weighted by Crippen LogP contribution is 2.13. The van der Waals surface area contributed by atoms with E-state index in [0.29, 0.717) is 6.10 Å². The van der Waals surface area contributed by atoms with Gasteiger partial charge in [-0.25, -0.2) is 0 Å². The van der Waals surface area contributed by atoms with Crippen molar-refractivity contribution < 1.29 is 4.74 Å². The molecular formula is C10H22N2O. The molecule has 3 nitrogen and oxygen atoms in total. The minimum Gasteiger partial charge on any atom is -0.378 e. The van der Waals surface area contributed by atoms with E-state index in [-0.39, 0.29) is 0 Å². The second-order valence-electron chi connectivity index (χ2n) is 3.65. The quantitative estimate of drug-likeness (QED) is 0.647. The first kappa shape index (κ1) is 11.0. The Morgan fingerprint density at radius 2 is 2.08 bits per heavy atom. The minimum absolute atomic E-state index is 0.495. The van der Waals surface area contributed by atoms with Crippen LogP contribution in [0.15, 0.2) is 0 Å². The van der Waals surface area contributed by atoms with Gasteiger partial charge in [-0.15, -0.1) is 0 Å². The van der Waals surface area contributed by atoms with E-state index in [4.69, 9.17) is 10.5 Å². The molecule has 0 atom stereocenters. The van der Waals surface area contributed by atoms with Crippen molar-refractivity contribution in [3.8, 4) is 0 Å². The van der Waals surface area contributed by atoms with Gasteiger partial charge in [-0.05, 0) is 32.4 Å². The van der Waals surface area contributed by atoms with Crippen LogP contribution < -0.4 is 5.73 Å². The van der Waals surface area contributed by atoms with E-state index >= 15 is 0 Å². The van der Waals surface area contributed by atoms with Gasteiger partial charge in [0.15, 0.2) is 0 Å². The van der Waals surface area contributed by atoms with E-state index in [0.717, 1.165) is 19.6 Å². The number of rotatable bonds is 5. The van der Waals surface area contributed by atoms with Crippen LogP contribution in [-0.2, 0) is 4.74 Å². The van der Waals surface area contributed by atoms with Crippen LogP contribution in [0.25, 0.3) is 0 Å². The van der Waals surface area contributed by atoms with Crippen LogP contribution in [0.3, 0.4) is 0 Å². The summed E-state index contributed by atoms with van der Waals surface area (Å²) >= 11 is 0. The lowest BCUT2D eigenvalue weighted by Crippen LogP contribution is -2.36. The average Bonchev–Trinajstić information content (AvgIpc) is 2.19. The van der Waals surface area contributed by atoms with Gasteiger partial charge in [0.2, 0.25) is 0 Å². The summed E-state index contributed by atoms with van der Waals surface area (Å²) in [6.07, 6.45) is 3.87. The summed E-state index contributed by atoms with van der Waals surface area (Å²) in [5.41, 5.74) is 5.40. The van der Waals surface area contributed by atoms with Gasteiger partial charge in [0, 0.05) is 19.7 Å². The summed E-state index contributed by atoms with van der Waals surface area (Å²) in [6, 6.07) is 0. The van der Waals surface area contributed by atoms with E-state index in [9.17, 15) is 0 Å². The second kappa shape index (κ2) is 6.35. The van der Waals surface area contributed by atoms with Crippen LogP contribution in [0.4, 0.5) is 0 Å². The largest absolute Gasteiger partial charge is 0.378 e. The first-order valence-corrected chi connectivity index (χ1v) is 5.40. The molecule has 1 fully saturated rings. The van der Waals surface area contributed by atoms with Crippen LogP contribution in [0.5, 0.6) is 0 Å². The molecule has 0 spiro atoms. The van der Waals surface area contributed by atoms with Crippen molar-refractivity contribution in [2.75, 3.05) is 32.8 Å². The number of nitrogens with two attached hydrogens (primary N) is 1. The van der Waals surface area contributed by atoms with Crippen molar-refractivity contribution in [3.05, 3.63) is 0 Å². The van der Waals surface area contributed by atoms with Gasteiger partial charge >= 0.3 is 0 Å². The maximum absolute atomic E-state index is 5.71. The fourth-order valence-electron chi connectivity index (χ4n) is 1.73. The molecule has 0 radical (unpaired) electrons. The van der Waals surface area contributed by atoms with Crippen LogP contribution >= 0.6 is 0 Å². The number of hydrogen-bond acceptors (Lipinski definition) is 3. The highest BCUT2D eigenvalue weighted by atomic mass is 16.5. The predicted molar refractivity (Wildman–Crippen MR) is 54.8 cm³/mol. The van der Waals surface area contributed by atoms with Gasteiger partial charge in [-0.3, -0.25) is 0 Å². The number of piperidine rings is 1. The molecule has 2 N–H and O–H groups in total. The van der Waals surface area contributed by atoms with Crippen molar-refractivity contribution in [1.29, 1.82) is 0 Å². The summed E-state index contributed by atoms with van der Waals surface area (Å²) in [5, 5.41) is 0. The van der Waals surface area contributed by atoms with Gasteiger partial charge in [-0.2, -0.15) is 0 Å². The van der Waals surface area contributed by atoms with E-state index in [2.05, 4.69) is 11.8 Å². The summed E-state index contributed by atoms with van der Waals surface area (Å²) in [4.78, 5) is 2.47. The molecule has 0 aliphatic carbocycles. The molecule has 0 aromatic carbocycles. The summed E-state index contributed by atoms with van der Waals surface area (Å²) in [6.45, 7) is 7.37. The van der Waals surface area contributed by atoms with Crippen LogP contribution in [0.2, 0.25) is 0 Å². The maximum Gasteiger partial charge on any atom is 0.0599 e. The molecule has 13 heavy (non-hydrogen) atoms. The van der Waals surface area contributed by atoms with Crippen molar-refractivity contribution in [1.82, 2.24) is 4.90 Å². The van der Waals surface area contributed by atoms with Crippen LogP contribution in [0.1, 0.15) is 26.2 Å². The number of ether oxygens (including phenoxy) is 1. The fraction of sp³-hybridized carbons (Fsp3) is 1.00. The molecule has 0 saturated carbocycles. The maximum atomic E-state index is 5.71. The molecule has 0 bridgehead atoms. The summed E-state index contributed by atoms with van der Waals surface area (Å²) in [5.74, 6) is 0. The Balaban J connectivity index is 2.03. The highest BCUT2D eigenvalue weighted by molar-refractivity contribution is 4.71. The Labute approximate surface area is 81.2 Å². The molecule has 1 rings (SSSR count). The van der Waals surface area contributed by atoms with Crippen LogP contribution in [-0.4, -0.2) is 43.8 Å². The smallest absolute Gasteiger partial charge is 0.0599 e. The highest BCUT2D eigenvalue weighted by Gasteiger charge is 2.17. The van der Waals surface area contributed by atoms with Gasteiger partial charge in [0.1, 0.15) is 0 Å². The first-order valence-electron chi connectivity index (χ1n) is 5.40. The van der Waals surface area contributed by atoms with Crippen molar-refractivity contribution in [2.24, 2.45) is 5.73 Å². The van der Waals surface area contributed by atoms with Crippen LogP contribution in [0, 0.1) is 0 Å². The lowest BCUT2D eigenvalue weighted by atomic mass is 10.1. The normalized spacial score (nSPS) is 20.8. The molecule has 1 heterocycles. The molecule has 3 heteroatoms. The van der Waals surface area contributed by atoms with Gasteiger partial charge in [0.05, 0.1) is 6.10 Å². The lowest BCUT2D eigenvalue weighted by Gasteiger charge is -2.30. The summed E-state index contributed by atoms with van der Waals surface area (Å²) < 4.78 is 5.71. The molecule has 1 saturated heterocycles. The van der Waals surface area contributed by atoms with E-state index < -0.39 is 0 Å². The molecule has 1 aliphatic rings. The van der Waals surface area contributed by atoms with Gasteiger partial charge in [-0.1, -0.05) is 6.92 Å². The van der Waals surface area contributed by atoms with Crippen molar-refractivity contribution in [2.45, 2.75) is 32.3 Å². The Bertz CT molecular complexity index is 119. The minimum atomic E-state index is 0.495. The second-order valence-corrected chi connectivity index (χ2v) is 3.65. The molecule has 78 valence electrons. The van der Waals surface area contributed by atoms with E-state index in [1.807, 2.05) is 0 Å². The van der Waals surface area contributed by atoms with E-state index in [1.54, 1.807) is 0 Å². The summed E-state index contributed by atoms with van der Waals surface area (Å²) in [7, 11) is 0. The van der Waals surface area contributed by atoms with E-state index in [1.165, 1.54) is 32.5 Å². The third-order valence-corrected chi connectivity index (χ3v) is 2.68. The molecule has 0 aromatic heterocycles. The number of hydrogen-bond donors (Lipinski definition) is 1. The Morgan fingerprint density at radius 1 is 1.38 bits per heavy atom. The molecule has 0 unspecified atom stereocenters. The molecule has 0 aromatic rings. The average molecular weight is 186 g/mol. The van der Waals surface area contributed by atoms with Gasteiger partial charge in [0.25, 0.3) is 0 Å². The third-order valence-electron chi connectivity index (χ3n) is 2.68. The topological polar surface area (TPSA) is 38.5 Å². The molecule has 1 aliphatic heterocycles. The molecular weight excluding hydrogens is 164 g/mol. The van der Waals surface area contributed by atoms with Gasteiger partial charge < -0.3 is 15.4 Å². The van der Waals surface area contributed by atoms with Crippen molar-refractivity contribution in [3.63, 3.8) is 0 Å². The number of likely N-dealkylation sites (tertiary alicyclic amines) is 1. The Kier molecular flexibility index (Phi) is 5.35. The lowest BCUT2D eigenvalue weighted by molar-refractivity contribution is 0.00834. The molecule has 0 amide bonds. The van der Waals surface area contributed by atoms with Crippen molar-refractivity contribution >= 4 is 0 Å². The SMILES string of the molecule is CCN1CCC(OCCCN)CC1.